The van der Waals surface area contributed by atoms with Crippen molar-refractivity contribution in [1.29, 1.82) is 0 Å². The Labute approximate surface area is 88.8 Å². The second-order valence-corrected chi connectivity index (χ2v) is 3.44. The molecule has 3 nitrogen and oxygen atoms in total. The molecule has 0 aliphatic carbocycles. The van der Waals surface area contributed by atoms with Crippen LogP contribution in [0.5, 0.6) is 0 Å². The first-order chi connectivity index (χ1) is 7.35. The van der Waals surface area contributed by atoms with Crippen LogP contribution in [-0.4, -0.2) is 15.1 Å². The highest BCUT2D eigenvalue weighted by Gasteiger charge is 2.06. The van der Waals surface area contributed by atoms with Crippen molar-refractivity contribution < 1.29 is 5.11 Å². The zero-order valence-electron chi connectivity index (χ0n) is 8.70. The third kappa shape index (κ3) is 1.92. The van der Waals surface area contributed by atoms with Gasteiger partial charge in [0.2, 0.25) is 0 Å². The van der Waals surface area contributed by atoms with E-state index in [0.29, 0.717) is 0 Å². The number of H-pyrrole nitrogens is 1. The van der Waals surface area contributed by atoms with Crippen molar-refractivity contribution in [3.8, 4) is 11.3 Å². The standard InChI is InChI=1S/C12H14N2O/c1-2-11-12(14-8-13-11)10-5-3-4-9(6-10)7-15/h3-6,8,15H,2,7H2,1H3,(H,13,14). The molecule has 0 radical (unpaired) electrons. The number of aromatic nitrogens is 2. The molecule has 1 heterocycles. The molecule has 0 spiro atoms. The van der Waals surface area contributed by atoms with Gasteiger partial charge in [0, 0.05) is 11.3 Å². The van der Waals surface area contributed by atoms with E-state index in [-0.39, 0.29) is 6.61 Å². The number of imidazole rings is 1. The summed E-state index contributed by atoms with van der Waals surface area (Å²) in [7, 11) is 0. The molecule has 2 N–H and O–H groups in total. The second-order valence-electron chi connectivity index (χ2n) is 3.44. The molecule has 0 fully saturated rings. The monoisotopic (exact) mass is 202 g/mol. The molecule has 0 unspecified atom stereocenters. The first-order valence-corrected chi connectivity index (χ1v) is 5.07. The molecule has 0 aliphatic rings. The minimum atomic E-state index is 0.0692. The fraction of sp³-hybridized carbons (Fsp3) is 0.250. The first kappa shape index (κ1) is 9.93. The van der Waals surface area contributed by atoms with Crippen molar-refractivity contribution in [1.82, 2.24) is 9.97 Å². The van der Waals surface area contributed by atoms with Crippen LogP contribution in [0.1, 0.15) is 18.2 Å². The lowest BCUT2D eigenvalue weighted by Gasteiger charge is -2.02. The number of rotatable bonds is 3. The van der Waals surface area contributed by atoms with Crippen LogP contribution in [0, 0.1) is 0 Å². The Morgan fingerprint density at radius 1 is 1.40 bits per heavy atom. The molecular formula is C12H14N2O. The smallest absolute Gasteiger partial charge is 0.0929 e. The van der Waals surface area contributed by atoms with Gasteiger partial charge in [0.05, 0.1) is 18.6 Å². The van der Waals surface area contributed by atoms with Gasteiger partial charge in [-0.3, -0.25) is 0 Å². The van der Waals surface area contributed by atoms with Crippen LogP contribution in [0.25, 0.3) is 11.3 Å². The van der Waals surface area contributed by atoms with E-state index in [9.17, 15) is 0 Å². The van der Waals surface area contributed by atoms with Crippen molar-refractivity contribution in [2.75, 3.05) is 0 Å². The van der Waals surface area contributed by atoms with Gasteiger partial charge in [-0.15, -0.1) is 0 Å². The molecule has 0 amide bonds. The number of hydrogen-bond acceptors (Lipinski definition) is 2. The van der Waals surface area contributed by atoms with Gasteiger partial charge in [-0.2, -0.15) is 0 Å². The predicted molar refractivity (Wildman–Crippen MR) is 59.3 cm³/mol. The Hall–Kier alpha value is -1.61. The minimum absolute atomic E-state index is 0.0692. The number of aromatic amines is 1. The van der Waals surface area contributed by atoms with Gasteiger partial charge in [-0.1, -0.05) is 25.1 Å². The summed E-state index contributed by atoms with van der Waals surface area (Å²) in [5.41, 5.74) is 4.08. The van der Waals surface area contributed by atoms with Crippen LogP contribution >= 0.6 is 0 Å². The van der Waals surface area contributed by atoms with Gasteiger partial charge in [0.1, 0.15) is 0 Å². The highest BCUT2D eigenvalue weighted by molar-refractivity contribution is 5.62. The maximum absolute atomic E-state index is 9.06. The summed E-state index contributed by atoms with van der Waals surface area (Å²) in [5, 5.41) is 9.06. The molecule has 2 aromatic rings. The van der Waals surface area contributed by atoms with Crippen LogP contribution < -0.4 is 0 Å². The number of nitrogens with one attached hydrogen (secondary N) is 1. The molecular weight excluding hydrogens is 188 g/mol. The fourth-order valence-electron chi connectivity index (χ4n) is 1.66. The van der Waals surface area contributed by atoms with E-state index < -0.39 is 0 Å². The lowest BCUT2D eigenvalue weighted by molar-refractivity contribution is 0.282. The van der Waals surface area contributed by atoms with E-state index in [1.165, 1.54) is 0 Å². The maximum Gasteiger partial charge on any atom is 0.0929 e. The van der Waals surface area contributed by atoms with Crippen LogP contribution in [0.15, 0.2) is 30.6 Å². The van der Waals surface area contributed by atoms with E-state index in [1.54, 1.807) is 6.33 Å². The third-order valence-electron chi connectivity index (χ3n) is 2.45. The summed E-state index contributed by atoms with van der Waals surface area (Å²) in [5.74, 6) is 0. The number of aliphatic hydroxyl groups is 1. The Kier molecular flexibility index (Phi) is 2.83. The molecule has 1 aromatic carbocycles. The molecule has 0 saturated carbocycles. The Bertz CT molecular complexity index is 448. The van der Waals surface area contributed by atoms with E-state index in [2.05, 4.69) is 16.9 Å². The zero-order chi connectivity index (χ0) is 10.7. The summed E-state index contributed by atoms with van der Waals surface area (Å²) in [6.07, 6.45) is 2.64. The van der Waals surface area contributed by atoms with Crippen molar-refractivity contribution in [2.45, 2.75) is 20.0 Å². The summed E-state index contributed by atoms with van der Waals surface area (Å²) in [4.78, 5) is 7.41. The van der Waals surface area contributed by atoms with Crippen molar-refractivity contribution >= 4 is 0 Å². The zero-order valence-corrected chi connectivity index (χ0v) is 8.70. The highest BCUT2D eigenvalue weighted by atomic mass is 16.3. The van der Waals surface area contributed by atoms with E-state index in [1.807, 2.05) is 24.3 Å². The van der Waals surface area contributed by atoms with E-state index >= 15 is 0 Å². The van der Waals surface area contributed by atoms with Crippen LogP contribution in [0.3, 0.4) is 0 Å². The largest absolute Gasteiger partial charge is 0.392 e. The Morgan fingerprint density at radius 3 is 3.00 bits per heavy atom. The van der Waals surface area contributed by atoms with Crippen molar-refractivity contribution in [3.63, 3.8) is 0 Å². The maximum atomic E-state index is 9.06. The van der Waals surface area contributed by atoms with E-state index in [4.69, 9.17) is 5.11 Å². The van der Waals surface area contributed by atoms with Crippen LogP contribution in [0.2, 0.25) is 0 Å². The van der Waals surface area contributed by atoms with E-state index in [0.717, 1.165) is 28.9 Å². The topological polar surface area (TPSA) is 48.9 Å². The molecule has 1 aromatic heterocycles. The van der Waals surface area contributed by atoms with Crippen molar-refractivity contribution in [2.24, 2.45) is 0 Å². The fourth-order valence-corrected chi connectivity index (χ4v) is 1.66. The molecule has 0 saturated heterocycles. The van der Waals surface area contributed by atoms with Gasteiger partial charge < -0.3 is 10.1 Å². The molecule has 78 valence electrons. The quantitative estimate of drug-likeness (QED) is 0.801. The first-order valence-electron chi connectivity index (χ1n) is 5.07. The van der Waals surface area contributed by atoms with Gasteiger partial charge in [0.25, 0.3) is 0 Å². The molecule has 0 aliphatic heterocycles. The number of benzene rings is 1. The molecule has 0 atom stereocenters. The lowest BCUT2D eigenvalue weighted by atomic mass is 10.1. The average molecular weight is 202 g/mol. The number of aliphatic hydroxyl groups excluding tert-OH is 1. The molecule has 0 bridgehead atoms. The highest BCUT2D eigenvalue weighted by Crippen LogP contribution is 2.21. The average Bonchev–Trinajstić information content (AvgIpc) is 2.77. The lowest BCUT2D eigenvalue weighted by Crippen LogP contribution is -1.88. The van der Waals surface area contributed by atoms with Crippen LogP contribution in [-0.2, 0) is 13.0 Å². The summed E-state index contributed by atoms with van der Waals surface area (Å²) < 4.78 is 0. The number of hydrogen-bond donors (Lipinski definition) is 2. The van der Waals surface area contributed by atoms with Crippen LogP contribution in [0.4, 0.5) is 0 Å². The predicted octanol–water partition coefficient (Wildman–Crippen LogP) is 2.13. The van der Waals surface area contributed by atoms with Gasteiger partial charge >= 0.3 is 0 Å². The second kappa shape index (κ2) is 4.28. The minimum Gasteiger partial charge on any atom is -0.392 e. The number of nitrogens with zero attached hydrogens (tertiary/aromatic N) is 1. The Balaban J connectivity index is 2.44. The SMILES string of the molecule is CCc1[nH]cnc1-c1cccc(CO)c1. The summed E-state index contributed by atoms with van der Waals surface area (Å²) >= 11 is 0. The third-order valence-corrected chi connectivity index (χ3v) is 2.45. The number of aryl methyl sites for hydroxylation is 1. The van der Waals surface area contributed by atoms with Gasteiger partial charge in [-0.25, -0.2) is 4.98 Å². The van der Waals surface area contributed by atoms with Gasteiger partial charge in [0.15, 0.2) is 0 Å². The van der Waals surface area contributed by atoms with Crippen molar-refractivity contribution in [3.05, 3.63) is 41.9 Å². The normalized spacial score (nSPS) is 10.5. The Morgan fingerprint density at radius 2 is 2.27 bits per heavy atom. The molecule has 3 heteroatoms. The summed E-state index contributed by atoms with van der Waals surface area (Å²) in [6.45, 7) is 2.16. The van der Waals surface area contributed by atoms with Gasteiger partial charge in [-0.05, 0) is 18.1 Å². The molecule has 15 heavy (non-hydrogen) atoms. The summed E-state index contributed by atoms with van der Waals surface area (Å²) in [6, 6.07) is 7.82. The molecule has 2 rings (SSSR count).